The molecule has 4 heteroatoms. The van der Waals surface area contributed by atoms with Crippen LogP contribution in [0, 0.1) is 0 Å². The first kappa shape index (κ1) is 12.4. The fraction of sp³-hybridized carbons (Fsp3) is 0.214. The van der Waals surface area contributed by atoms with Crippen molar-refractivity contribution in [2.75, 3.05) is 6.61 Å². The highest BCUT2D eigenvalue weighted by molar-refractivity contribution is 5.33. The molecule has 1 aromatic carbocycles. The summed E-state index contributed by atoms with van der Waals surface area (Å²) in [6.45, 7) is 5.69. The van der Waals surface area contributed by atoms with Gasteiger partial charge in [-0.1, -0.05) is 30.9 Å². The second kappa shape index (κ2) is 6.61. The Hall–Kier alpha value is -2.07. The summed E-state index contributed by atoms with van der Waals surface area (Å²) in [5, 5.41) is 10.2. The SMILES string of the molecule is C=CCOc1ccccc1CNCc1ccn[nH]1. The van der Waals surface area contributed by atoms with Crippen LogP contribution in [-0.4, -0.2) is 16.8 Å². The van der Waals surface area contributed by atoms with Crippen molar-refractivity contribution in [3.05, 3.63) is 60.4 Å². The van der Waals surface area contributed by atoms with E-state index in [9.17, 15) is 0 Å². The summed E-state index contributed by atoms with van der Waals surface area (Å²) >= 11 is 0. The third-order valence-electron chi connectivity index (χ3n) is 2.52. The van der Waals surface area contributed by atoms with Gasteiger partial charge in [0.2, 0.25) is 0 Å². The molecule has 0 atom stereocenters. The molecule has 2 aromatic rings. The number of nitrogens with zero attached hydrogens (tertiary/aromatic N) is 1. The minimum atomic E-state index is 0.525. The third kappa shape index (κ3) is 3.46. The zero-order valence-electron chi connectivity index (χ0n) is 10.2. The quantitative estimate of drug-likeness (QED) is 0.733. The maximum absolute atomic E-state index is 5.60. The van der Waals surface area contributed by atoms with Gasteiger partial charge in [-0.3, -0.25) is 5.10 Å². The van der Waals surface area contributed by atoms with Gasteiger partial charge in [0.05, 0.1) is 0 Å². The molecule has 0 radical (unpaired) electrons. The lowest BCUT2D eigenvalue weighted by molar-refractivity contribution is 0.358. The lowest BCUT2D eigenvalue weighted by Crippen LogP contribution is -2.14. The molecule has 0 bridgehead atoms. The molecule has 0 aliphatic heterocycles. The number of aromatic amines is 1. The summed E-state index contributed by atoms with van der Waals surface area (Å²) in [4.78, 5) is 0. The van der Waals surface area contributed by atoms with E-state index in [1.54, 1.807) is 12.3 Å². The maximum Gasteiger partial charge on any atom is 0.124 e. The summed E-state index contributed by atoms with van der Waals surface area (Å²) in [6.07, 6.45) is 3.49. The minimum Gasteiger partial charge on any atom is -0.489 e. The van der Waals surface area contributed by atoms with Crippen LogP contribution in [0.5, 0.6) is 5.75 Å². The second-order valence-electron chi connectivity index (χ2n) is 3.89. The molecular weight excluding hydrogens is 226 g/mol. The smallest absolute Gasteiger partial charge is 0.124 e. The lowest BCUT2D eigenvalue weighted by atomic mass is 10.2. The number of aromatic nitrogens is 2. The van der Waals surface area contributed by atoms with Crippen molar-refractivity contribution in [2.45, 2.75) is 13.1 Å². The van der Waals surface area contributed by atoms with Crippen molar-refractivity contribution in [1.82, 2.24) is 15.5 Å². The Bertz CT molecular complexity index is 480. The van der Waals surface area contributed by atoms with Gasteiger partial charge < -0.3 is 10.1 Å². The van der Waals surface area contributed by atoms with Crippen LogP contribution in [0.15, 0.2) is 49.2 Å². The number of para-hydroxylation sites is 1. The second-order valence-corrected chi connectivity index (χ2v) is 3.89. The van der Waals surface area contributed by atoms with Crippen molar-refractivity contribution < 1.29 is 4.74 Å². The molecule has 1 heterocycles. The lowest BCUT2D eigenvalue weighted by Gasteiger charge is -2.10. The molecule has 18 heavy (non-hydrogen) atoms. The highest BCUT2D eigenvalue weighted by atomic mass is 16.5. The van der Waals surface area contributed by atoms with Crippen molar-refractivity contribution >= 4 is 0 Å². The van der Waals surface area contributed by atoms with Crippen LogP contribution in [0.1, 0.15) is 11.3 Å². The summed E-state index contributed by atoms with van der Waals surface area (Å²) < 4.78 is 5.60. The number of ether oxygens (including phenoxy) is 1. The fourth-order valence-corrected chi connectivity index (χ4v) is 1.65. The van der Waals surface area contributed by atoms with Crippen molar-refractivity contribution in [3.63, 3.8) is 0 Å². The van der Waals surface area contributed by atoms with Gasteiger partial charge in [0.25, 0.3) is 0 Å². The van der Waals surface area contributed by atoms with E-state index in [-0.39, 0.29) is 0 Å². The molecule has 4 nitrogen and oxygen atoms in total. The molecule has 0 saturated carbocycles. The molecule has 0 aliphatic carbocycles. The molecule has 0 fully saturated rings. The fourth-order valence-electron chi connectivity index (χ4n) is 1.65. The Morgan fingerprint density at radius 1 is 1.28 bits per heavy atom. The number of nitrogens with one attached hydrogen (secondary N) is 2. The van der Waals surface area contributed by atoms with E-state index in [0.29, 0.717) is 6.61 Å². The van der Waals surface area contributed by atoms with Crippen LogP contribution in [0.25, 0.3) is 0 Å². The van der Waals surface area contributed by atoms with E-state index < -0.39 is 0 Å². The van der Waals surface area contributed by atoms with Gasteiger partial charge in [-0.2, -0.15) is 5.10 Å². The Morgan fingerprint density at radius 3 is 2.94 bits per heavy atom. The third-order valence-corrected chi connectivity index (χ3v) is 2.52. The van der Waals surface area contributed by atoms with Gasteiger partial charge in [0.15, 0.2) is 0 Å². The zero-order valence-corrected chi connectivity index (χ0v) is 10.2. The number of hydrogen-bond acceptors (Lipinski definition) is 3. The molecule has 0 spiro atoms. The van der Waals surface area contributed by atoms with Gasteiger partial charge in [0, 0.05) is 30.5 Å². The van der Waals surface area contributed by atoms with E-state index in [0.717, 1.165) is 30.1 Å². The largest absolute Gasteiger partial charge is 0.489 e. The predicted molar refractivity (Wildman–Crippen MR) is 71.3 cm³/mol. The zero-order chi connectivity index (χ0) is 12.6. The van der Waals surface area contributed by atoms with Crippen molar-refractivity contribution in [1.29, 1.82) is 0 Å². The van der Waals surface area contributed by atoms with Crippen LogP contribution >= 0.6 is 0 Å². The topological polar surface area (TPSA) is 49.9 Å². The monoisotopic (exact) mass is 243 g/mol. The van der Waals surface area contributed by atoms with E-state index in [4.69, 9.17) is 4.74 Å². The van der Waals surface area contributed by atoms with Gasteiger partial charge >= 0.3 is 0 Å². The molecule has 2 N–H and O–H groups in total. The Labute approximate surface area is 107 Å². The molecule has 1 aromatic heterocycles. The first-order chi connectivity index (χ1) is 8.90. The molecular formula is C14H17N3O. The molecule has 94 valence electrons. The van der Waals surface area contributed by atoms with E-state index in [1.807, 2.05) is 24.3 Å². The van der Waals surface area contributed by atoms with E-state index in [1.165, 1.54) is 0 Å². The molecule has 2 rings (SSSR count). The summed E-state index contributed by atoms with van der Waals surface area (Å²) in [6, 6.07) is 9.95. The number of hydrogen-bond donors (Lipinski definition) is 2. The normalized spacial score (nSPS) is 10.2. The van der Waals surface area contributed by atoms with Crippen LogP contribution in [0.4, 0.5) is 0 Å². The molecule has 0 aliphatic rings. The van der Waals surface area contributed by atoms with Gasteiger partial charge in [-0.25, -0.2) is 0 Å². The first-order valence-corrected chi connectivity index (χ1v) is 5.90. The standard InChI is InChI=1S/C14H17N3O/c1-2-9-18-14-6-4-3-5-12(14)10-15-11-13-7-8-16-17-13/h2-8,15H,1,9-11H2,(H,16,17). The van der Waals surface area contributed by atoms with Gasteiger partial charge in [-0.15, -0.1) is 0 Å². The molecule has 0 saturated heterocycles. The first-order valence-electron chi connectivity index (χ1n) is 5.90. The van der Waals surface area contributed by atoms with Gasteiger partial charge in [0.1, 0.15) is 12.4 Å². The predicted octanol–water partition coefficient (Wildman–Crippen LogP) is 2.26. The van der Waals surface area contributed by atoms with E-state index in [2.05, 4.69) is 28.2 Å². The van der Waals surface area contributed by atoms with Crippen molar-refractivity contribution in [2.24, 2.45) is 0 Å². The highest BCUT2D eigenvalue weighted by Crippen LogP contribution is 2.17. The summed E-state index contributed by atoms with van der Waals surface area (Å²) in [5.74, 6) is 0.898. The highest BCUT2D eigenvalue weighted by Gasteiger charge is 2.02. The van der Waals surface area contributed by atoms with Crippen LogP contribution < -0.4 is 10.1 Å². The van der Waals surface area contributed by atoms with Crippen LogP contribution in [0.2, 0.25) is 0 Å². The average molecular weight is 243 g/mol. The summed E-state index contributed by atoms with van der Waals surface area (Å²) in [7, 11) is 0. The number of benzene rings is 1. The number of H-pyrrole nitrogens is 1. The summed E-state index contributed by atoms with van der Waals surface area (Å²) in [5.41, 5.74) is 2.21. The molecule has 0 unspecified atom stereocenters. The molecule has 0 amide bonds. The average Bonchev–Trinajstić information content (AvgIpc) is 2.91. The Morgan fingerprint density at radius 2 is 2.17 bits per heavy atom. The Balaban J connectivity index is 1.89. The maximum atomic E-state index is 5.60. The number of rotatable bonds is 7. The van der Waals surface area contributed by atoms with Crippen molar-refractivity contribution in [3.8, 4) is 5.75 Å². The van der Waals surface area contributed by atoms with Crippen LogP contribution in [-0.2, 0) is 13.1 Å². The van der Waals surface area contributed by atoms with Crippen LogP contribution in [0.3, 0.4) is 0 Å². The minimum absolute atomic E-state index is 0.525. The van der Waals surface area contributed by atoms with Gasteiger partial charge in [-0.05, 0) is 12.1 Å². The van der Waals surface area contributed by atoms with E-state index >= 15 is 0 Å². The Kier molecular flexibility index (Phi) is 4.55.